The number of carbonyl (C=O) groups is 1. The first-order valence-electron chi connectivity index (χ1n) is 7.93. The molecule has 0 spiro atoms. The Hall–Kier alpha value is -2.71. The van der Waals surface area contributed by atoms with Crippen LogP contribution in [0.4, 0.5) is 0 Å². The Morgan fingerprint density at radius 3 is 2.88 bits per heavy atom. The van der Waals surface area contributed by atoms with Crippen molar-refractivity contribution in [2.24, 2.45) is 0 Å². The van der Waals surface area contributed by atoms with Crippen LogP contribution in [0, 0.1) is 25.2 Å². The summed E-state index contributed by atoms with van der Waals surface area (Å²) in [4.78, 5) is 13.1. The van der Waals surface area contributed by atoms with Crippen LogP contribution >= 0.6 is 11.8 Å². The van der Waals surface area contributed by atoms with Crippen molar-refractivity contribution in [3.05, 3.63) is 71.0 Å². The summed E-state index contributed by atoms with van der Waals surface area (Å²) in [6.45, 7) is 4.19. The van der Waals surface area contributed by atoms with Gasteiger partial charge in [0, 0.05) is 22.9 Å². The van der Waals surface area contributed by atoms with Crippen molar-refractivity contribution < 1.29 is 9.53 Å². The number of benzene rings is 1. The van der Waals surface area contributed by atoms with E-state index < -0.39 is 0 Å². The molecule has 3 aromatic rings. The summed E-state index contributed by atoms with van der Waals surface area (Å²) in [7, 11) is 0. The standard InChI is InChI=1S/C20H18N2O2S/c1-14-6-7-19(15(2)9-14)25-13-20(23)24-12-16-11-22-8-4-3-5-18(22)17(16)10-21/h3-9,11H,12-13H2,1-2H3. The van der Waals surface area contributed by atoms with Gasteiger partial charge in [-0.15, -0.1) is 11.8 Å². The monoisotopic (exact) mass is 350 g/mol. The van der Waals surface area contributed by atoms with E-state index in [0.29, 0.717) is 5.56 Å². The van der Waals surface area contributed by atoms with Gasteiger partial charge in [0.15, 0.2) is 0 Å². The molecular weight excluding hydrogens is 332 g/mol. The summed E-state index contributed by atoms with van der Waals surface area (Å²) in [5.74, 6) is -0.0387. The Kier molecular flexibility index (Phi) is 5.11. The molecule has 0 radical (unpaired) electrons. The Morgan fingerprint density at radius 1 is 1.28 bits per heavy atom. The van der Waals surface area contributed by atoms with Crippen molar-refractivity contribution in [1.29, 1.82) is 5.26 Å². The maximum Gasteiger partial charge on any atom is 0.316 e. The third-order valence-electron chi connectivity index (χ3n) is 3.94. The van der Waals surface area contributed by atoms with Crippen molar-refractivity contribution in [2.75, 3.05) is 5.75 Å². The molecule has 126 valence electrons. The third kappa shape index (κ3) is 3.86. The van der Waals surface area contributed by atoms with Crippen LogP contribution in [-0.2, 0) is 16.1 Å². The number of hydrogen-bond acceptors (Lipinski definition) is 4. The smallest absolute Gasteiger partial charge is 0.316 e. The minimum Gasteiger partial charge on any atom is -0.460 e. The zero-order chi connectivity index (χ0) is 17.8. The summed E-state index contributed by atoms with van der Waals surface area (Å²) >= 11 is 1.47. The number of pyridine rings is 1. The molecule has 0 aliphatic heterocycles. The van der Waals surface area contributed by atoms with Gasteiger partial charge in [-0.25, -0.2) is 0 Å². The number of fused-ring (bicyclic) bond motifs is 1. The van der Waals surface area contributed by atoms with Gasteiger partial charge >= 0.3 is 5.97 Å². The van der Waals surface area contributed by atoms with E-state index in [4.69, 9.17) is 4.74 Å². The first kappa shape index (κ1) is 17.1. The van der Waals surface area contributed by atoms with Crippen LogP contribution in [0.5, 0.6) is 0 Å². The quantitative estimate of drug-likeness (QED) is 0.509. The van der Waals surface area contributed by atoms with Crippen LogP contribution in [-0.4, -0.2) is 16.1 Å². The van der Waals surface area contributed by atoms with Crippen molar-refractivity contribution in [3.8, 4) is 6.07 Å². The molecule has 0 fully saturated rings. The summed E-state index contributed by atoms with van der Waals surface area (Å²) in [6, 6.07) is 14.0. The van der Waals surface area contributed by atoms with E-state index in [9.17, 15) is 10.1 Å². The predicted octanol–water partition coefficient (Wildman–Crippen LogP) is 4.26. The number of esters is 1. The second-order valence-electron chi connectivity index (χ2n) is 5.85. The molecule has 0 bridgehead atoms. The topological polar surface area (TPSA) is 54.5 Å². The van der Waals surface area contributed by atoms with Crippen LogP contribution in [0.3, 0.4) is 0 Å². The highest BCUT2D eigenvalue weighted by molar-refractivity contribution is 8.00. The van der Waals surface area contributed by atoms with E-state index in [1.54, 1.807) is 0 Å². The summed E-state index contributed by atoms with van der Waals surface area (Å²) in [5.41, 5.74) is 4.45. The molecule has 2 aromatic heterocycles. The van der Waals surface area contributed by atoms with Crippen molar-refractivity contribution in [2.45, 2.75) is 25.3 Å². The van der Waals surface area contributed by atoms with Gasteiger partial charge in [0.2, 0.25) is 0 Å². The lowest BCUT2D eigenvalue weighted by molar-refractivity contribution is -0.141. The van der Waals surface area contributed by atoms with Gasteiger partial charge in [-0.3, -0.25) is 4.79 Å². The van der Waals surface area contributed by atoms with Crippen LogP contribution in [0.1, 0.15) is 22.3 Å². The molecule has 0 aliphatic rings. The van der Waals surface area contributed by atoms with Crippen molar-refractivity contribution in [3.63, 3.8) is 0 Å². The first-order valence-corrected chi connectivity index (χ1v) is 8.91. The second-order valence-corrected chi connectivity index (χ2v) is 6.87. The number of rotatable bonds is 5. The number of carbonyl (C=O) groups excluding carboxylic acids is 1. The minimum absolute atomic E-state index is 0.108. The second kappa shape index (κ2) is 7.45. The van der Waals surface area contributed by atoms with E-state index in [0.717, 1.165) is 21.5 Å². The highest BCUT2D eigenvalue weighted by atomic mass is 32.2. The van der Waals surface area contributed by atoms with Gasteiger partial charge in [0.25, 0.3) is 0 Å². The predicted molar refractivity (Wildman–Crippen MR) is 98.5 cm³/mol. The summed E-state index contributed by atoms with van der Waals surface area (Å²) < 4.78 is 7.23. The molecule has 1 aromatic carbocycles. The first-order chi connectivity index (χ1) is 12.1. The zero-order valence-electron chi connectivity index (χ0n) is 14.2. The fourth-order valence-corrected chi connectivity index (χ4v) is 3.52. The van der Waals surface area contributed by atoms with Crippen LogP contribution in [0.25, 0.3) is 5.52 Å². The fraction of sp³-hybridized carbons (Fsp3) is 0.200. The van der Waals surface area contributed by atoms with Crippen molar-refractivity contribution >= 4 is 23.2 Å². The molecule has 0 N–H and O–H groups in total. The van der Waals surface area contributed by atoms with Crippen LogP contribution in [0.15, 0.2) is 53.7 Å². The Labute approximate surface area is 151 Å². The minimum atomic E-state index is -0.288. The van der Waals surface area contributed by atoms with Gasteiger partial charge < -0.3 is 9.14 Å². The lowest BCUT2D eigenvalue weighted by Crippen LogP contribution is -2.07. The average molecular weight is 350 g/mol. The molecule has 0 unspecified atom stereocenters. The van der Waals surface area contributed by atoms with E-state index in [-0.39, 0.29) is 18.3 Å². The van der Waals surface area contributed by atoms with Crippen LogP contribution < -0.4 is 0 Å². The zero-order valence-corrected chi connectivity index (χ0v) is 15.0. The molecule has 0 saturated carbocycles. The highest BCUT2D eigenvalue weighted by Gasteiger charge is 2.12. The molecule has 4 nitrogen and oxygen atoms in total. The number of thioether (sulfide) groups is 1. The molecule has 3 rings (SSSR count). The van der Waals surface area contributed by atoms with E-state index in [2.05, 4.69) is 12.1 Å². The number of ether oxygens (including phenoxy) is 1. The summed E-state index contributed by atoms with van der Waals surface area (Å²) in [5, 5.41) is 9.37. The average Bonchev–Trinajstić information content (AvgIpc) is 2.96. The van der Waals surface area contributed by atoms with Gasteiger partial charge in [0.05, 0.1) is 16.8 Å². The van der Waals surface area contributed by atoms with Gasteiger partial charge in [0.1, 0.15) is 12.7 Å². The van der Waals surface area contributed by atoms with Gasteiger partial charge in [-0.1, -0.05) is 23.8 Å². The van der Waals surface area contributed by atoms with Gasteiger partial charge in [-0.05, 0) is 37.6 Å². The van der Waals surface area contributed by atoms with Crippen LogP contribution in [0.2, 0.25) is 0 Å². The molecule has 0 aliphatic carbocycles. The SMILES string of the molecule is Cc1ccc(SCC(=O)OCc2cn3ccccc3c2C#N)c(C)c1. The Bertz CT molecular complexity index is 969. The van der Waals surface area contributed by atoms with Crippen molar-refractivity contribution in [1.82, 2.24) is 4.40 Å². The molecule has 5 heteroatoms. The lowest BCUT2D eigenvalue weighted by atomic mass is 10.2. The maximum atomic E-state index is 12.0. The largest absolute Gasteiger partial charge is 0.460 e. The lowest BCUT2D eigenvalue weighted by Gasteiger charge is -2.07. The van der Waals surface area contributed by atoms with E-state index in [1.807, 2.05) is 61.0 Å². The number of aryl methyl sites for hydroxylation is 2. The number of aromatic nitrogens is 1. The number of nitriles is 1. The number of nitrogens with zero attached hydrogens (tertiary/aromatic N) is 2. The number of hydrogen-bond donors (Lipinski definition) is 0. The van der Waals surface area contributed by atoms with E-state index in [1.165, 1.54) is 17.3 Å². The normalized spacial score (nSPS) is 10.6. The Morgan fingerprint density at radius 2 is 2.12 bits per heavy atom. The molecule has 25 heavy (non-hydrogen) atoms. The van der Waals surface area contributed by atoms with Gasteiger partial charge in [-0.2, -0.15) is 5.26 Å². The summed E-state index contributed by atoms with van der Waals surface area (Å²) in [6.07, 6.45) is 3.70. The maximum absolute atomic E-state index is 12.0. The molecule has 0 atom stereocenters. The molecule has 0 amide bonds. The third-order valence-corrected chi connectivity index (χ3v) is 5.09. The Balaban J connectivity index is 1.62. The molecular formula is C20H18N2O2S. The molecule has 2 heterocycles. The highest BCUT2D eigenvalue weighted by Crippen LogP contribution is 2.24. The van der Waals surface area contributed by atoms with E-state index >= 15 is 0 Å². The fourth-order valence-electron chi connectivity index (χ4n) is 2.71. The molecule has 0 saturated heterocycles.